The Bertz CT molecular complexity index is 214. The van der Waals surface area contributed by atoms with Crippen LogP contribution in [0, 0.1) is 0 Å². The molecule has 2 unspecified atom stereocenters. The monoisotopic (exact) mass is 232 g/mol. The van der Waals surface area contributed by atoms with Crippen molar-refractivity contribution in [1.82, 2.24) is 10.2 Å². The Morgan fingerprint density at radius 2 is 2.38 bits per heavy atom. The molecule has 94 valence electrons. The molecule has 0 aromatic heterocycles. The first kappa shape index (κ1) is 13.4. The largest absolute Gasteiger partial charge is 0.467 e. The van der Waals surface area contributed by atoms with Crippen molar-refractivity contribution in [3.05, 3.63) is 0 Å². The molecule has 4 nitrogen and oxygen atoms in total. The third kappa shape index (κ3) is 4.06. The molecule has 1 fully saturated rings. The summed E-state index contributed by atoms with van der Waals surface area (Å²) in [6.45, 7) is 7.01. The highest BCUT2D eigenvalue weighted by molar-refractivity contribution is 5.36. The standard InChI is InChI=1S/C11H21FN2O2/c1-9(2)14(5-6-16-8-15)7-11-10(12)3-4-13-11/h8-11,13H,3-7H2,1-2H3. The van der Waals surface area contributed by atoms with Gasteiger partial charge < -0.3 is 10.1 Å². The minimum atomic E-state index is -0.756. The van der Waals surface area contributed by atoms with Crippen LogP contribution in [0.5, 0.6) is 0 Å². The Hall–Kier alpha value is -0.680. The van der Waals surface area contributed by atoms with Crippen LogP contribution >= 0.6 is 0 Å². The van der Waals surface area contributed by atoms with Crippen LogP contribution in [0.2, 0.25) is 0 Å². The van der Waals surface area contributed by atoms with Crippen LogP contribution in [-0.2, 0) is 9.53 Å². The van der Waals surface area contributed by atoms with Gasteiger partial charge in [-0.1, -0.05) is 0 Å². The summed E-state index contributed by atoms with van der Waals surface area (Å²) in [5.74, 6) is 0. The van der Waals surface area contributed by atoms with Crippen LogP contribution in [0.25, 0.3) is 0 Å². The summed E-state index contributed by atoms with van der Waals surface area (Å²) in [6, 6.07) is 0.239. The third-order valence-corrected chi connectivity index (χ3v) is 2.99. The van der Waals surface area contributed by atoms with Gasteiger partial charge in [0.2, 0.25) is 0 Å². The topological polar surface area (TPSA) is 41.6 Å². The van der Waals surface area contributed by atoms with E-state index in [1.807, 2.05) is 0 Å². The summed E-state index contributed by atoms with van der Waals surface area (Å²) in [6.07, 6.45) is -0.158. The summed E-state index contributed by atoms with van der Waals surface area (Å²) >= 11 is 0. The molecule has 16 heavy (non-hydrogen) atoms. The Balaban J connectivity index is 2.34. The lowest BCUT2D eigenvalue weighted by Gasteiger charge is -2.29. The second-order valence-corrected chi connectivity index (χ2v) is 4.42. The molecule has 0 aliphatic carbocycles. The zero-order valence-corrected chi connectivity index (χ0v) is 9.99. The fraction of sp³-hybridized carbons (Fsp3) is 0.909. The van der Waals surface area contributed by atoms with Crippen molar-refractivity contribution in [1.29, 1.82) is 0 Å². The summed E-state index contributed by atoms with van der Waals surface area (Å²) in [5.41, 5.74) is 0. The van der Waals surface area contributed by atoms with Crippen molar-refractivity contribution >= 4 is 6.47 Å². The first-order valence-electron chi connectivity index (χ1n) is 5.82. The van der Waals surface area contributed by atoms with E-state index in [0.29, 0.717) is 38.6 Å². The van der Waals surface area contributed by atoms with E-state index in [-0.39, 0.29) is 6.04 Å². The first-order chi connectivity index (χ1) is 7.65. The Kier molecular flexibility index (Phi) is 5.69. The van der Waals surface area contributed by atoms with Crippen molar-refractivity contribution in [2.24, 2.45) is 0 Å². The highest BCUT2D eigenvalue weighted by Gasteiger charge is 2.28. The van der Waals surface area contributed by atoms with Gasteiger partial charge in [-0.25, -0.2) is 4.39 Å². The maximum Gasteiger partial charge on any atom is 0.293 e. The summed E-state index contributed by atoms with van der Waals surface area (Å²) in [4.78, 5) is 12.2. The average molecular weight is 232 g/mol. The van der Waals surface area contributed by atoms with Gasteiger partial charge >= 0.3 is 0 Å². The lowest BCUT2D eigenvalue weighted by Crippen LogP contribution is -2.45. The highest BCUT2D eigenvalue weighted by atomic mass is 19.1. The van der Waals surface area contributed by atoms with Crippen LogP contribution in [0.1, 0.15) is 20.3 Å². The van der Waals surface area contributed by atoms with E-state index in [1.54, 1.807) is 0 Å². The number of rotatable bonds is 7. The second kappa shape index (κ2) is 6.81. The summed E-state index contributed by atoms with van der Waals surface area (Å²) < 4.78 is 18.1. The third-order valence-electron chi connectivity index (χ3n) is 2.99. The van der Waals surface area contributed by atoms with Crippen LogP contribution in [-0.4, -0.2) is 55.9 Å². The first-order valence-corrected chi connectivity index (χ1v) is 5.82. The van der Waals surface area contributed by atoms with E-state index in [9.17, 15) is 9.18 Å². The zero-order chi connectivity index (χ0) is 12.0. The van der Waals surface area contributed by atoms with Crippen LogP contribution < -0.4 is 5.32 Å². The molecule has 0 aromatic rings. The number of carbonyl (C=O) groups excluding carboxylic acids is 1. The number of hydrogen-bond donors (Lipinski definition) is 1. The predicted molar refractivity (Wildman–Crippen MR) is 60.0 cm³/mol. The number of nitrogens with zero attached hydrogens (tertiary/aromatic N) is 1. The van der Waals surface area contributed by atoms with Gasteiger partial charge in [-0.15, -0.1) is 0 Å². The normalized spacial score (nSPS) is 25.3. The Morgan fingerprint density at radius 1 is 1.62 bits per heavy atom. The second-order valence-electron chi connectivity index (χ2n) is 4.42. The van der Waals surface area contributed by atoms with Gasteiger partial charge in [0.1, 0.15) is 12.8 Å². The molecular formula is C11H21FN2O2. The average Bonchev–Trinajstić information content (AvgIpc) is 2.63. The molecule has 1 heterocycles. The number of carbonyl (C=O) groups is 1. The van der Waals surface area contributed by atoms with Crippen molar-refractivity contribution in [2.45, 2.75) is 38.5 Å². The molecule has 1 N–H and O–H groups in total. The zero-order valence-electron chi connectivity index (χ0n) is 9.99. The van der Waals surface area contributed by atoms with E-state index in [0.717, 1.165) is 6.54 Å². The summed E-state index contributed by atoms with van der Waals surface area (Å²) in [7, 11) is 0. The molecule has 0 saturated carbocycles. The smallest absolute Gasteiger partial charge is 0.293 e. The van der Waals surface area contributed by atoms with Crippen molar-refractivity contribution < 1.29 is 13.9 Å². The molecule has 2 atom stereocenters. The van der Waals surface area contributed by atoms with Crippen LogP contribution in [0.4, 0.5) is 4.39 Å². The highest BCUT2D eigenvalue weighted by Crippen LogP contribution is 2.13. The molecule has 0 aromatic carbocycles. The number of hydrogen-bond acceptors (Lipinski definition) is 4. The van der Waals surface area contributed by atoms with Gasteiger partial charge in [0.05, 0.1) is 6.04 Å². The van der Waals surface area contributed by atoms with Gasteiger partial charge in [-0.2, -0.15) is 0 Å². The van der Waals surface area contributed by atoms with Gasteiger partial charge in [-0.05, 0) is 26.8 Å². The molecular weight excluding hydrogens is 211 g/mol. The molecule has 1 aliphatic rings. The maximum atomic E-state index is 13.4. The fourth-order valence-corrected chi connectivity index (χ4v) is 1.95. The Morgan fingerprint density at radius 3 is 2.88 bits per heavy atom. The number of halogens is 1. The van der Waals surface area contributed by atoms with E-state index in [2.05, 4.69) is 28.8 Å². The number of alkyl halides is 1. The van der Waals surface area contributed by atoms with Gasteiger partial charge in [0.25, 0.3) is 6.47 Å². The fourth-order valence-electron chi connectivity index (χ4n) is 1.95. The van der Waals surface area contributed by atoms with E-state index < -0.39 is 6.17 Å². The van der Waals surface area contributed by atoms with Gasteiger partial charge in [-0.3, -0.25) is 9.69 Å². The molecule has 1 saturated heterocycles. The Labute approximate surface area is 96.1 Å². The molecule has 1 rings (SSSR count). The lowest BCUT2D eigenvalue weighted by atomic mass is 10.1. The maximum absolute atomic E-state index is 13.4. The SMILES string of the molecule is CC(C)N(CCOC=O)CC1NCCC1F. The molecule has 1 aliphatic heterocycles. The van der Waals surface area contributed by atoms with Gasteiger partial charge in [0, 0.05) is 19.1 Å². The molecule has 5 heteroatoms. The van der Waals surface area contributed by atoms with Crippen molar-refractivity contribution in [2.75, 3.05) is 26.2 Å². The minimum Gasteiger partial charge on any atom is -0.467 e. The predicted octanol–water partition coefficient (Wildman–Crippen LogP) is 0.570. The molecule has 0 spiro atoms. The summed E-state index contributed by atoms with van der Waals surface area (Å²) in [5, 5.41) is 3.16. The number of ether oxygens (including phenoxy) is 1. The van der Waals surface area contributed by atoms with Crippen LogP contribution in [0.15, 0.2) is 0 Å². The molecule has 0 bridgehead atoms. The minimum absolute atomic E-state index is 0.0846. The quantitative estimate of drug-likeness (QED) is 0.515. The molecule has 0 amide bonds. The van der Waals surface area contributed by atoms with E-state index in [4.69, 9.17) is 0 Å². The van der Waals surface area contributed by atoms with Crippen molar-refractivity contribution in [3.63, 3.8) is 0 Å². The van der Waals surface area contributed by atoms with Crippen molar-refractivity contribution in [3.8, 4) is 0 Å². The van der Waals surface area contributed by atoms with Gasteiger partial charge in [0.15, 0.2) is 0 Å². The van der Waals surface area contributed by atoms with E-state index >= 15 is 0 Å². The lowest BCUT2D eigenvalue weighted by molar-refractivity contribution is -0.129. The number of nitrogens with one attached hydrogen (secondary N) is 1. The van der Waals surface area contributed by atoms with Crippen LogP contribution in [0.3, 0.4) is 0 Å². The van der Waals surface area contributed by atoms with E-state index in [1.165, 1.54) is 0 Å². The molecule has 0 radical (unpaired) electrons.